The van der Waals surface area contributed by atoms with Gasteiger partial charge in [0.15, 0.2) is 0 Å². The van der Waals surface area contributed by atoms with Crippen LogP contribution in [0.5, 0.6) is 0 Å². The Bertz CT molecular complexity index is 1000. The van der Waals surface area contributed by atoms with Crippen molar-refractivity contribution < 1.29 is 29.1 Å². The normalized spacial score (nSPS) is 10.5. The summed E-state index contributed by atoms with van der Waals surface area (Å²) in [5.41, 5.74) is -0.482. The molecule has 0 saturated carbocycles. The Morgan fingerprint density at radius 3 is 2.27 bits per heavy atom. The molecule has 0 aromatic heterocycles. The number of carboxylic acid groups (broad SMARTS) is 2. The van der Waals surface area contributed by atoms with E-state index in [0.29, 0.717) is 11.1 Å². The zero-order valence-electron chi connectivity index (χ0n) is 13.1. The number of nitro groups is 1. The molecule has 8 heteroatoms. The highest BCUT2D eigenvalue weighted by atomic mass is 16.6. The van der Waals surface area contributed by atoms with E-state index in [1.807, 2.05) is 0 Å². The molecule has 1 aliphatic heterocycles. The molecule has 0 fully saturated rings. The predicted octanol–water partition coefficient (Wildman–Crippen LogP) is 3.51. The maximum absolute atomic E-state index is 11.7. The smallest absolute Gasteiger partial charge is 0.343 e. The minimum absolute atomic E-state index is 0.0399. The van der Waals surface area contributed by atoms with Gasteiger partial charge in [0, 0.05) is 5.56 Å². The minimum atomic E-state index is -1.71. The maximum atomic E-state index is 11.7. The number of benzene rings is 1. The van der Waals surface area contributed by atoms with Crippen LogP contribution in [0.4, 0.5) is 5.69 Å². The Morgan fingerprint density at radius 1 is 1.04 bits per heavy atom. The van der Waals surface area contributed by atoms with Crippen molar-refractivity contribution in [1.29, 1.82) is 0 Å². The van der Waals surface area contributed by atoms with E-state index in [4.69, 9.17) is 14.6 Å². The first-order chi connectivity index (χ1) is 12.4. The first-order valence-electron chi connectivity index (χ1n) is 7.33. The number of carbonyl (C=O) groups is 2. The second-order valence-electron chi connectivity index (χ2n) is 5.28. The average molecular weight is 353 g/mol. The van der Waals surface area contributed by atoms with Crippen molar-refractivity contribution in [3.63, 3.8) is 0 Å². The summed E-state index contributed by atoms with van der Waals surface area (Å²) in [6, 6.07) is 11.6. The number of hydrogen-bond acceptors (Lipinski definition) is 5. The molecule has 130 valence electrons. The Balaban J connectivity index is 2.43. The topological polar surface area (TPSA) is 131 Å². The van der Waals surface area contributed by atoms with E-state index in [1.54, 1.807) is 42.5 Å². The van der Waals surface area contributed by atoms with E-state index in [0.717, 1.165) is 6.08 Å². The number of carboxylic acids is 2. The number of nitrogens with zero attached hydrogens (tertiary/aromatic N) is 1. The largest absolute Gasteiger partial charge is 0.477 e. The van der Waals surface area contributed by atoms with Crippen LogP contribution in [0.25, 0.3) is 28.5 Å². The van der Waals surface area contributed by atoms with Gasteiger partial charge in [-0.2, -0.15) is 0 Å². The number of aliphatic carboxylic acids is 2. The first-order valence-corrected chi connectivity index (χ1v) is 7.33. The van der Waals surface area contributed by atoms with Crippen LogP contribution in [0.3, 0.4) is 0 Å². The van der Waals surface area contributed by atoms with Gasteiger partial charge in [0.1, 0.15) is 11.3 Å². The van der Waals surface area contributed by atoms with E-state index in [-0.39, 0.29) is 16.9 Å². The molecule has 3 rings (SSSR count). The highest BCUT2D eigenvalue weighted by Crippen LogP contribution is 2.48. The molecule has 0 amide bonds. The Hall–Kier alpha value is -3.94. The Labute approximate surface area is 146 Å². The van der Waals surface area contributed by atoms with Crippen LogP contribution < -0.4 is 0 Å². The molecule has 0 spiro atoms. The van der Waals surface area contributed by atoms with Crippen LogP contribution in [-0.4, -0.2) is 27.1 Å². The van der Waals surface area contributed by atoms with Gasteiger partial charge >= 0.3 is 11.9 Å². The fraction of sp³-hybridized carbons (Fsp3) is 0. The summed E-state index contributed by atoms with van der Waals surface area (Å²) in [6.07, 6.45) is 2.03. The van der Waals surface area contributed by atoms with E-state index in [1.165, 1.54) is 6.26 Å². The molecule has 0 saturated heterocycles. The van der Waals surface area contributed by atoms with Gasteiger partial charge in [0.2, 0.25) is 0 Å². The second kappa shape index (κ2) is 6.52. The van der Waals surface area contributed by atoms with Gasteiger partial charge in [0.05, 0.1) is 22.3 Å². The average Bonchev–Trinajstić information content (AvgIpc) is 2.94. The van der Waals surface area contributed by atoms with Gasteiger partial charge in [-0.25, -0.2) is 9.59 Å². The third-order valence-corrected chi connectivity index (χ3v) is 3.77. The minimum Gasteiger partial charge on any atom is -0.477 e. The molecule has 1 aromatic rings. The molecule has 2 aliphatic rings. The molecule has 0 unspecified atom stereocenters. The third-order valence-electron chi connectivity index (χ3n) is 3.77. The van der Waals surface area contributed by atoms with Crippen LogP contribution in [0.2, 0.25) is 0 Å². The summed E-state index contributed by atoms with van der Waals surface area (Å²) >= 11 is 0. The molecule has 26 heavy (non-hydrogen) atoms. The summed E-state index contributed by atoms with van der Waals surface area (Å²) < 4.78 is 5.36. The third kappa shape index (κ3) is 2.80. The fourth-order valence-corrected chi connectivity index (χ4v) is 2.74. The molecule has 1 heterocycles. The van der Waals surface area contributed by atoms with Crippen molar-refractivity contribution in [2.24, 2.45) is 0 Å². The molecular formula is C18H11NO7. The van der Waals surface area contributed by atoms with E-state index in [2.05, 4.69) is 0 Å². The van der Waals surface area contributed by atoms with Gasteiger partial charge in [-0.05, 0) is 23.8 Å². The summed E-state index contributed by atoms with van der Waals surface area (Å²) in [5, 5.41) is 29.9. The SMILES string of the molecule is O=C(O)C(=Cc1c2occcc-2c(-c2ccccc2)c1[N+](=O)[O-])C(=O)O. The van der Waals surface area contributed by atoms with Crippen LogP contribution in [0, 0.1) is 10.1 Å². The van der Waals surface area contributed by atoms with Crippen molar-refractivity contribution in [3.05, 3.63) is 70.0 Å². The van der Waals surface area contributed by atoms with Gasteiger partial charge in [-0.1, -0.05) is 30.3 Å². The molecular weight excluding hydrogens is 342 g/mol. The number of rotatable bonds is 5. The van der Waals surface area contributed by atoms with Gasteiger partial charge in [-0.15, -0.1) is 0 Å². The summed E-state index contributed by atoms with van der Waals surface area (Å²) in [4.78, 5) is 33.5. The first kappa shape index (κ1) is 16.9. The molecule has 0 atom stereocenters. The van der Waals surface area contributed by atoms with Crippen LogP contribution in [-0.2, 0) is 9.59 Å². The Morgan fingerprint density at radius 2 is 1.69 bits per heavy atom. The molecule has 1 aromatic carbocycles. The van der Waals surface area contributed by atoms with Crippen molar-refractivity contribution in [2.75, 3.05) is 0 Å². The predicted molar refractivity (Wildman–Crippen MR) is 90.7 cm³/mol. The lowest BCUT2D eigenvalue weighted by atomic mass is 10.0. The van der Waals surface area contributed by atoms with Crippen LogP contribution in [0.1, 0.15) is 5.56 Å². The van der Waals surface area contributed by atoms with Crippen molar-refractivity contribution in [2.45, 2.75) is 0 Å². The highest BCUT2D eigenvalue weighted by molar-refractivity contribution is 6.17. The van der Waals surface area contributed by atoms with E-state index < -0.39 is 28.1 Å². The van der Waals surface area contributed by atoms with Crippen molar-refractivity contribution in [3.8, 4) is 22.5 Å². The van der Waals surface area contributed by atoms with Gasteiger partial charge in [-0.3, -0.25) is 10.1 Å². The zero-order valence-corrected chi connectivity index (χ0v) is 13.1. The lowest BCUT2D eigenvalue weighted by molar-refractivity contribution is -0.384. The molecule has 0 bridgehead atoms. The summed E-state index contributed by atoms with van der Waals surface area (Å²) in [7, 11) is 0. The molecule has 1 aliphatic carbocycles. The summed E-state index contributed by atoms with van der Waals surface area (Å²) in [5.74, 6) is -3.38. The number of hydrogen-bond donors (Lipinski definition) is 2. The monoisotopic (exact) mass is 353 g/mol. The standard InChI is InChI=1S/C18H11NO7/c20-17(21)13(18(22)23)9-12-15(19(24)25)14(10-5-2-1-3-6-10)11-7-4-8-26-16(11)12/h1-9H,(H,20,21)(H,22,23). The second-order valence-corrected chi connectivity index (χ2v) is 5.28. The van der Waals surface area contributed by atoms with Crippen LogP contribution >= 0.6 is 0 Å². The quantitative estimate of drug-likeness (QED) is 0.236. The highest BCUT2D eigenvalue weighted by Gasteiger charge is 2.34. The van der Waals surface area contributed by atoms with E-state index >= 15 is 0 Å². The van der Waals surface area contributed by atoms with Gasteiger partial charge in [0.25, 0.3) is 5.69 Å². The zero-order chi connectivity index (χ0) is 18.8. The molecule has 0 radical (unpaired) electrons. The lowest BCUT2D eigenvalue weighted by Crippen LogP contribution is -2.11. The maximum Gasteiger partial charge on any atom is 0.343 e. The van der Waals surface area contributed by atoms with Crippen molar-refractivity contribution in [1.82, 2.24) is 0 Å². The van der Waals surface area contributed by atoms with Gasteiger partial charge < -0.3 is 14.6 Å². The summed E-state index contributed by atoms with van der Waals surface area (Å²) in [6.45, 7) is 0. The lowest BCUT2D eigenvalue weighted by Gasteiger charge is -2.02. The van der Waals surface area contributed by atoms with Crippen LogP contribution in [0.15, 0.2) is 58.7 Å². The van der Waals surface area contributed by atoms with E-state index in [9.17, 15) is 19.7 Å². The molecule has 8 nitrogen and oxygen atoms in total. The molecule has 2 N–H and O–H groups in total. The number of fused-ring (bicyclic) bond motifs is 1. The Kier molecular flexibility index (Phi) is 4.24. The fourth-order valence-electron chi connectivity index (χ4n) is 2.74. The van der Waals surface area contributed by atoms with Crippen molar-refractivity contribution >= 4 is 23.7 Å².